The highest BCUT2D eigenvalue weighted by molar-refractivity contribution is 9.10. The average Bonchev–Trinajstić information content (AvgIpc) is 3.60. The molecule has 1 fully saturated rings. The molecule has 1 aliphatic carbocycles. The van der Waals surface area contributed by atoms with Crippen LogP contribution in [0, 0.1) is 22.6 Å². The summed E-state index contributed by atoms with van der Waals surface area (Å²) in [4.78, 5) is 15.6. The van der Waals surface area contributed by atoms with E-state index in [1.54, 1.807) is 42.5 Å². The minimum absolute atomic E-state index is 0.00379. The topological polar surface area (TPSA) is 73.6 Å². The second-order valence-corrected chi connectivity index (χ2v) is 12.1. The van der Waals surface area contributed by atoms with E-state index in [1.807, 2.05) is 0 Å². The van der Waals surface area contributed by atoms with Crippen LogP contribution in [0.3, 0.4) is 0 Å². The molecule has 1 aliphatic heterocycles. The van der Waals surface area contributed by atoms with Crippen LogP contribution in [0.5, 0.6) is 0 Å². The van der Waals surface area contributed by atoms with Crippen molar-refractivity contribution in [2.75, 3.05) is 6.61 Å². The van der Waals surface area contributed by atoms with Gasteiger partial charge in [-0.05, 0) is 74.2 Å². The van der Waals surface area contributed by atoms with Crippen LogP contribution in [0.25, 0.3) is 0 Å². The number of halogens is 4. The highest BCUT2D eigenvalue weighted by Gasteiger charge is 2.56. The molecule has 1 N–H and O–H groups in total. The molecular weight excluding hydrogens is 594 g/mol. The average molecular weight is 618 g/mol. The Balaban J connectivity index is 1.76. The zero-order valence-electron chi connectivity index (χ0n) is 20.7. The number of aliphatic hydroxyl groups is 1. The van der Waals surface area contributed by atoms with Crippen LogP contribution in [0.2, 0.25) is 10.0 Å². The van der Waals surface area contributed by atoms with Crippen LogP contribution in [-0.4, -0.2) is 22.5 Å². The number of nitrogens with zero attached hydrogens (tertiary/aromatic N) is 2. The molecule has 0 aromatic heterocycles. The monoisotopic (exact) mass is 616 g/mol. The highest BCUT2D eigenvalue weighted by Crippen LogP contribution is 2.52. The van der Waals surface area contributed by atoms with Crippen molar-refractivity contribution in [3.63, 3.8) is 0 Å². The third kappa shape index (κ3) is 4.63. The van der Waals surface area contributed by atoms with Gasteiger partial charge >= 0.3 is 0 Å². The molecule has 9 heteroatoms. The van der Waals surface area contributed by atoms with Gasteiger partial charge in [0.05, 0.1) is 41.4 Å². The second-order valence-electron chi connectivity index (χ2n) is 10.4. The quantitative estimate of drug-likeness (QED) is 0.302. The first-order valence-corrected chi connectivity index (χ1v) is 13.6. The van der Waals surface area contributed by atoms with Crippen molar-refractivity contribution in [1.82, 2.24) is 4.90 Å². The number of amides is 1. The van der Waals surface area contributed by atoms with E-state index in [0.717, 1.165) is 5.56 Å². The van der Waals surface area contributed by atoms with Crippen LogP contribution < -0.4 is 0 Å². The number of nitriles is 1. The van der Waals surface area contributed by atoms with Gasteiger partial charge in [-0.2, -0.15) is 5.26 Å². The highest BCUT2D eigenvalue weighted by atomic mass is 79.9. The normalized spacial score (nSPS) is 19.8. The number of carbonyl (C=O) groups excluding carboxylic acids is 1. The molecular formula is C29H24BrCl2FN2O3. The van der Waals surface area contributed by atoms with E-state index < -0.39 is 28.5 Å². The van der Waals surface area contributed by atoms with Gasteiger partial charge in [0, 0.05) is 20.1 Å². The van der Waals surface area contributed by atoms with Crippen molar-refractivity contribution in [2.45, 2.75) is 44.6 Å². The van der Waals surface area contributed by atoms with Crippen molar-refractivity contribution >= 4 is 45.0 Å². The largest absolute Gasteiger partial charge is 0.386 e. The summed E-state index contributed by atoms with van der Waals surface area (Å²) >= 11 is 15.9. The Hall–Kier alpha value is -2.47. The van der Waals surface area contributed by atoms with Gasteiger partial charge in [-0.3, -0.25) is 9.69 Å². The molecule has 3 aromatic carbocycles. The maximum Gasteiger partial charge on any atom is 0.257 e. The van der Waals surface area contributed by atoms with E-state index in [1.165, 1.54) is 30.9 Å². The number of benzene rings is 3. The molecule has 5 rings (SSSR count). The zero-order chi connectivity index (χ0) is 27.5. The molecule has 1 amide bonds. The minimum atomic E-state index is -1.69. The molecule has 0 saturated heterocycles. The van der Waals surface area contributed by atoms with Gasteiger partial charge in [0.2, 0.25) is 0 Å². The smallest absolute Gasteiger partial charge is 0.257 e. The Kier molecular flexibility index (Phi) is 6.86. The molecule has 3 aromatic rings. The first-order valence-electron chi connectivity index (χ1n) is 12.0. The molecule has 1 atom stereocenters. The van der Waals surface area contributed by atoms with E-state index in [-0.39, 0.29) is 29.8 Å². The fourth-order valence-electron chi connectivity index (χ4n) is 4.79. The van der Waals surface area contributed by atoms with Crippen molar-refractivity contribution in [3.05, 3.63) is 103 Å². The molecule has 5 nitrogen and oxygen atoms in total. The van der Waals surface area contributed by atoms with E-state index >= 15 is 4.39 Å². The van der Waals surface area contributed by atoms with Crippen LogP contribution in [-0.2, 0) is 22.6 Å². The van der Waals surface area contributed by atoms with Gasteiger partial charge in [-0.25, -0.2) is 4.39 Å². The van der Waals surface area contributed by atoms with E-state index in [0.29, 0.717) is 32.9 Å². The Morgan fingerprint density at radius 1 is 1.13 bits per heavy atom. The second kappa shape index (κ2) is 9.62. The van der Waals surface area contributed by atoms with E-state index in [2.05, 4.69) is 22.0 Å². The molecule has 1 heterocycles. The summed E-state index contributed by atoms with van der Waals surface area (Å²) in [5.41, 5.74) is -2.17. The van der Waals surface area contributed by atoms with Gasteiger partial charge in [-0.1, -0.05) is 57.3 Å². The summed E-state index contributed by atoms with van der Waals surface area (Å²) in [6, 6.07) is 17.0. The predicted molar refractivity (Wildman–Crippen MR) is 146 cm³/mol. The SMILES string of the molecule is CC(C)(O)c1cc(F)c2c(c1)C(=O)N(Cc1ccc(Cl)cc1Br)C2(OCC1(C#N)CC1)c1ccc(Cl)cc1. The molecule has 1 unspecified atom stereocenters. The summed E-state index contributed by atoms with van der Waals surface area (Å²) < 4.78 is 23.4. The Morgan fingerprint density at radius 3 is 2.37 bits per heavy atom. The van der Waals surface area contributed by atoms with Gasteiger partial charge in [0.15, 0.2) is 5.72 Å². The van der Waals surface area contributed by atoms with Gasteiger partial charge in [-0.15, -0.1) is 0 Å². The Labute approximate surface area is 238 Å². The third-order valence-electron chi connectivity index (χ3n) is 7.22. The number of rotatable bonds is 7. The summed E-state index contributed by atoms with van der Waals surface area (Å²) in [5, 5.41) is 21.4. The number of fused-ring (bicyclic) bond motifs is 1. The summed E-state index contributed by atoms with van der Waals surface area (Å²) in [6.07, 6.45) is 1.31. The molecule has 38 heavy (non-hydrogen) atoms. The van der Waals surface area contributed by atoms with E-state index in [4.69, 9.17) is 27.9 Å². The van der Waals surface area contributed by atoms with Crippen LogP contribution in [0.1, 0.15) is 59.3 Å². The molecule has 0 spiro atoms. The molecule has 1 saturated carbocycles. The van der Waals surface area contributed by atoms with Gasteiger partial charge in [0.25, 0.3) is 5.91 Å². The Morgan fingerprint density at radius 2 is 1.79 bits per heavy atom. The molecule has 196 valence electrons. The molecule has 2 aliphatic rings. The lowest BCUT2D eigenvalue weighted by atomic mass is 9.88. The fourth-order valence-corrected chi connectivity index (χ4v) is 5.73. The van der Waals surface area contributed by atoms with Gasteiger partial charge < -0.3 is 9.84 Å². The maximum atomic E-state index is 16.2. The van der Waals surface area contributed by atoms with Crippen LogP contribution >= 0.6 is 39.1 Å². The van der Waals surface area contributed by atoms with Crippen LogP contribution in [0.4, 0.5) is 4.39 Å². The van der Waals surface area contributed by atoms with Crippen molar-refractivity contribution in [3.8, 4) is 6.07 Å². The molecule has 0 radical (unpaired) electrons. The number of hydrogen-bond donors (Lipinski definition) is 1. The fraction of sp³-hybridized carbons (Fsp3) is 0.310. The summed E-state index contributed by atoms with van der Waals surface area (Å²) in [6.45, 7) is 3.11. The first-order chi connectivity index (χ1) is 17.9. The maximum absolute atomic E-state index is 16.2. The van der Waals surface area contributed by atoms with Crippen molar-refractivity contribution in [2.24, 2.45) is 5.41 Å². The lowest BCUT2D eigenvalue weighted by Crippen LogP contribution is -2.47. The summed E-state index contributed by atoms with van der Waals surface area (Å²) in [5.74, 6) is -1.16. The zero-order valence-corrected chi connectivity index (χ0v) is 23.8. The lowest BCUT2D eigenvalue weighted by Gasteiger charge is -2.40. The minimum Gasteiger partial charge on any atom is -0.386 e. The van der Waals surface area contributed by atoms with Crippen molar-refractivity contribution < 1.29 is 19.0 Å². The number of hydrogen-bond acceptors (Lipinski definition) is 4. The number of carbonyl (C=O) groups is 1. The van der Waals surface area contributed by atoms with Crippen molar-refractivity contribution in [1.29, 1.82) is 5.26 Å². The first kappa shape index (κ1) is 27.1. The summed E-state index contributed by atoms with van der Waals surface area (Å²) in [7, 11) is 0. The Bertz CT molecular complexity index is 1480. The van der Waals surface area contributed by atoms with E-state index in [9.17, 15) is 15.2 Å². The number of ether oxygens (including phenoxy) is 1. The molecule has 0 bridgehead atoms. The third-order valence-corrected chi connectivity index (χ3v) is 8.44. The standard InChI is InChI=1S/C29H24BrCl2FN2O3/c1-27(2,37)19-11-22-25(24(33)12-19)29(18-4-7-20(31)8-5-18,38-16-28(15-34)9-10-28)35(26(22)36)14-17-3-6-21(32)13-23(17)30/h3-8,11-13,37H,9-10,14,16H2,1-2H3. The lowest BCUT2D eigenvalue weighted by molar-refractivity contribution is -0.122. The van der Waals surface area contributed by atoms with Gasteiger partial charge in [0.1, 0.15) is 5.82 Å². The van der Waals surface area contributed by atoms with Crippen LogP contribution in [0.15, 0.2) is 59.1 Å². The predicted octanol–water partition coefficient (Wildman–Crippen LogP) is 7.30.